The molecule has 0 aliphatic carbocycles. The van der Waals surface area contributed by atoms with Crippen LogP contribution < -0.4 is 4.74 Å². The molecule has 3 aromatic rings. The van der Waals surface area contributed by atoms with Crippen LogP contribution in [0.2, 0.25) is 0 Å². The molecule has 1 amide bonds. The fraction of sp³-hybridized carbons (Fsp3) is 0.345. The van der Waals surface area contributed by atoms with Gasteiger partial charge in [0.2, 0.25) is 0 Å². The van der Waals surface area contributed by atoms with E-state index in [0.717, 1.165) is 18.8 Å². The first-order valence-corrected chi connectivity index (χ1v) is 11.9. The second-order valence-corrected chi connectivity index (χ2v) is 8.85. The first-order chi connectivity index (χ1) is 16.1. The summed E-state index contributed by atoms with van der Waals surface area (Å²) in [5.41, 5.74) is 4.97. The third kappa shape index (κ3) is 5.45. The average Bonchev–Trinajstić information content (AvgIpc) is 2.86. The average molecular weight is 443 g/mol. The normalized spacial score (nSPS) is 15.5. The largest absolute Gasteiger partial charge is 0.481 e. The third-order valence-electron chi connectivity index (χ3n) is 6.62. The van der Waals surface area contributed by atoms with Gasteiger partial charge in [0.25, 0.3) is 5.91 Å². The molecule has 1 aliphatic rings. The molecule has 1 aliphatic heterocycles. The predicted octanol–water partition coefficient (Wildman–Crippen LogP) is 5.39. The van der Waals surface area contributed by atoms with Gasteiger partial charge < -0.3 is 9.64 Å². The number of nitrogens with zero attached hydrogens (tertiary/aromatic N) is 2. The van der Waals surface area contributed by atoms with Crippen LogP contribution in [0.1, 0.15) is 41.6 Å². The monoisotopic (exact) mass is 442 g/mol. The van der Waals surface area contributed by atoms with Gasteiger partial charge in [0.1, 0.15) is 5.75 Å². The molecule has 0 bridgehead atoms. The first-order valence-electron chi connectivity index (χ1n) is 11.9. The van der Waals surface area contributed by atoms with Crippen LogP contribution in [-0.2, 0) is 4.79 Å². The van der Waals surface area contributed by atoms with E-state index in [0.29, 0.717) is 19.5 Å². The van der Waals surface area contributed by atoms with E-state index in [1.165, 1.54) is 22.3 Å². The molecule has 1 atom stereocenters. The Morgan fingerprint density at radius 1 is 0.818 bits per heavy atom. The minimum atomic E-state index is -0.447. The van der Waals surface area contributed by atoms with Gasteiger partial charge in [-0.1, -0.05) is 73.7 Å². The van der Waals surface area contributed by atoms with Gasteiger partial charge in [-0.2, -0.15) is 0 Å². The molecule has 0 radical (unpaired) electrons. The van der Waals surface area contributed by atoms with E-state index in [4.69, 9.17) is 4.74 Å². The Hall–Kier alpha value is -3.11. The number of ether oxygens (including phenoxy) is 1. The standard InChI is InChI=1S/C29H34N2O2/c1-4-27(33-26-16-15-22(2)23(3)21-26)29(32)31-19-17-30(18-20-31)28(24-11-7-5-8-12-24)25-13-9-6-10-14-25/h5-16,21,27-28H,4,17-20H2,1-3H3/t27-/m0/s1. The molecular formula is C29H34N2O2. The summed E-state index contributed by atoms with van der Waals surface area (Å²) in [5, 5.41) is 0. The van der Waals surface area contributed by atoms with E-state index in [-0.39, 0.29) is 11.9 Å². The number of carbonyl (C=O) groups excluding carboxylic acids is 1. The van der Waals surface area contributed by atoms with Crippen molar-refractivity contribution in [3.05, 3.63) is 101 Å². The highest BCUT2D eigenvalue weighted by Crippen LogP contribution is 2.29. The second-order valence-electron chi connectivity index (χ2n) is 8.85. The molecule has 0 N–H and O–H groups in total. The molecule has 1 saturated heterocycles. The van der Waals surface area contributed by atoms with Gasteiger partial charge in [-0.05, 0) is 54.7 Å². The number of carbonyl (C=O) groups is 1. The van der Waals surface area contributed by atoms with Gasteiger partial charge in [0.05, 0.1) is 6.04 Å². The van der Waals surface area contributed by atoms with Gasteiger partial charge in [-0.25, -0.2) is 0 Å². The van der Waals surface area contributed by atoms with Crippen molar-refractivity contribution in [1.82, 2.24) is 9.80 Å². The molecule has 0 spiro atoms. The van der Waals surface area contributed by atoms with Gasteiger partial charge in [0, 0.05) is 26.2 Å². The van der Waals surface area contributed by atoms with E-state index in [9.17, 15) is 4.79 Å². The molecule has 1 heterocycles. The van der Waals surface area contributed by atoms with Crippen molar-refractivity contribution in [3.8, 4) is 5.75 Å². The number of benzene rings is 3. The van der Waals surface area contributed by atoms with Gasteiger partial charge in [-0.15, -0.1) is 0 Å². The summed E-state index contributed by atoms with van der Waals surface area (Å²) < 4.78 is 6.12. The zero-order valence-corrected chi connectivity index (χ0v) is 19.9. The zero-order valence-electron chi connectivity index (χ0n) is 19.9. The maximum Gasteiger partial charge on any atom is 0.263 e. The van der Waals surface area contributed by atoms with Crippen LogP contribution in [0.25, 0.3) is 0 Å². The van der Waals surface area contributed by atoms with E-state index >= 15 is 0 Å². The molecule has 4 heteroatoms. The minimum Gasteiger partial charge on any atom is -0.481 e. The van der Waals surface area contributed by atoms with Crippen LogP contribution in [-0.4, -0.2) is 48.0 Å². The first kappa shape index (κ1) is 23.1. The van der Waals surface area contributed by atoms with Crippen molar-refractivity contribution in [2.45, 2.75) is 39.3 Å². The van der Waals surface area contributed by atoms with Crippen LogP contribution in [0, 0.1) is 13.8 Å². The Labute approximate surface area is 197 Å². The third-order valence-corrected chi connectivity index (χ3v) is 6.62. The van der Waals surface area contributed by atoms with Gasteiger partial charge in [-0.3, -0.25) is 9.69 Å². The van der Waals surface area contributed by atoms with Crippen molar-refractivity contribution >= 4 is 5.91 Å². The topological polar surface area (TPSA) is 32.8 Å². The highest BCUT2D eigenvalue weighted by molar-refractivity contribution is 5.81. The van der Waals surface area contributed by atoms with Crippen LogP contribution in [0.15, 0.2) is 78.9 Å². The summed E-state index contributed by atoms with van der Waals surface area (Å²) in [7, 11) is 0. The maximum absolute atomic E-state index is 13.3. The summed E-state index contributed by atoms with van der Waals surface area (Å²) in [6.07, 6.45) is 0.209. The Balaban J connectivity index is 1.44. The molecule has 4 nitrogen and oxygen atoms in total. The van der Waals surface area contributed by atoms with E-state index in [1.54, 1.807) is 0 Å². The molecule has 1 fully saturated rings. The van der Waals surface area contributed by atoms with Crippen molar-refractivity contribution in [1.29, 1.82) is 0 Å². The smallest absolute Gasteiger partial charge is 0.263 e. The highest BCUT2D eigenvalue weighted by Gasteiger charge is 2.31. The predicted molar refractivity (Wildman–Crippen MR) is 134 cm³/mol. The number of piperazine rings is 1. The fourth-order valence-electron chi connectivity index (χ4n) is 4.55. The quantitative estimate of drug-likeness (QED) is 0.491. The zero-order chi connectivity index (χ0) is 23.2. The molecule has 0 unspecified atom stereocenters. The van der Waals surface area contributed by atoms with E-state index in [1.807, 2.05) is 30.0 Å². The number of hydrogen-bond donors (Lipinski definition) is 0. The van der Waals surface area contributed by atoms with E-state index < -0.39 is 6.10 Å². The van der Waals surface area contributed by atoms with E-state index in [2.05, 4.69) is 79.4 Å². The number of aryl methyl sites for hydroxylation is 2. The van der Waals surface area contributed by atoms with Crippen LogP contribution in [0.3, 0.4) is 0 Å². The molecule has 3 aromatic carbocycles. The summed E-state index contributed by atoms with van der Waals surface area (Å²) in [4.78, 5) is 17.7. The molecule has 0 saturated carbocycles. The van der Waals surface area contributed by atoms with Crippen molar-refractivity contribution < 1.29 is 9.53 Å². The Morgan fingerprint density at radius 3 is 1.91 bits per heavy atom. The molecular weight excluding hydrogens is 408 g/mol. The van der Waals surface area contributed by atoms with Gasteiger partial charge >= 0.3 is 0 Å². The summed E-state index contributed by atoms with van der Waals surface area (Å²) in [6, 6.07) is 27.5. The fourth-order valence-corrected chi connectivity index (χ4v) is 4.55. The second kappa shape index (κ2) is 10.7. The minimum absolute atomic E-state index is 0.0892. The Morgan fingerprint density at radius 2 is 1.39 bits per heavy atom. The van der Waals surface area contributed by atoms with Crippen molar-refractivity contribution in [3.63, 3.8) is 0 Å². The van der Waals surface area contributed by atoms with Crippen molar-refractivity contribution in [2.75, 3.05) is 26.2 Å². The molecule has 33 heavy (non-hydrogen) atoms. The van der Waals surface area contributed by atoms with Crippen LogP contribution in [0.4, 0.5) is 0 Å². The van der Waals surface area contributed by atoms with Crippen LogP contribution in [0.5, 0.6) is 5.75 Å². The summed E-state index contributed by atoms with van der Waals surface area (Å²) >= 11 is 0. The lowest BCUT2D eigenvalue weighted by molar-refractivity contribution is -0.140. The highest BCUT2D eigenvalue weighted by atomic mass is 16.5. The Bertz CT molecular complexity index is 1000. The Kier molecular flexibility index (Phi) is 7.46. The SMILES string of the molecule is CC[C@H](Oc1ccc(C)c(C)c1)C(=O)N1CCN(C(c2ccccc2)c2ccccc2)CC1. The molecule has 172 valence electrons. The number of amides is 1. The van der Waals surface area contributed by atoms with Crippen LogP contribution >= 0.6 is 0 Å². The van der Waals surface area contributed by atoms with Crippen molar-refractivity contribution in [2.24, 2.45) is 0 Å². The lowest BCUT2D eigenvalue weighted by atomic mass is 9.96. The lowest BCUT2D eigenvalue weighted by Gasteiger charge is -2.40. The summed E-state index contributed by atoms with van der Waals surface area (Å²) in [5.74, 6) is 0.858. The molecule has 4 rings (SSSR count). The number of hydrogen-bond acceptors (Lipinski definition) is 3. The molecule has 0 aromatic heterocycles. The summed E-state index contributed by atoms with van der Waals surface area (Å²) in [6.45, 7) is 9.25. The number of rotatable bonds is 7. The lowest BCUT2D eigenvalue weighted by Crippen LogP contribution is -2.53. The van der Waals surface area contributed by atoms with Gasteiger partial charge in [0.15, 0.2) is 6.10 Å². The maximum atomic E-state index is 13.3.